The number of nitrogens with zero attached hydrogens (tertiary/aromatic N) is 3. The smallest absolute Gasteiger partial charge is 0.325 e. The second kappa shape index (κ2) is 9.52. The summed E-state index contributed by atoms with van der Waals surface area (Å²) in [7, 11) is 1.58. The first-order chi connectivity index (χ1) is 14.5. The maximum atomic E-state index is 12.8. The van der Waals surface area contributed by atoms with E-state index in [1.807, 2.05) is 43.3 Å². The number of carbonyl (C=O) groups excluding carboxylic acids is 2. The molecule has 0 radical (unpaired) electrons. The number of methoxy groups -OCH3 is 1. The molecule has 7 heteroatoms. The third kappa shape index (κ3) is 4.50. The number of aryl methyl sites for hydroxylation is 1. The van der Waals surface area contributed by atoms with Crippen molar-refractivity contribution in [1.29, 1.82) is 0 Å². The van der Waals surface area contributed by atoms with Crippen molar-refractivity contribution in [2.24, 2.45) is 0 Å². The van der Waals surface area contributed by atoms with Crippen LogP contribution in [0.2, 0.25) is 0 Å². The van der Waals surface area contributed by atoms with E-state index in [9.17, 15) is 9.59 Å². The van der Waals surface area contributed by atoms with E-state index in [1.54, 1.807) is 16.9 Å². The molecule has 160 valence electrons. The molecule has 0 aromatic heterocycles. The third-order valence-electron chi connectivity index (χ3n) is 5.42. The molecule has 2 aromatic rings. The van der Waals surface area contributed by atoms with Crippen LogP contribution in [0.1, 0.15) is 19.4 Å². The highest BCUT2D eigenvalue weighted by atomic mass is 16.5. The van der Waals surface area contributed by atoms with Crippen LogP contribution in [-0.2, 0) is 4.79 Å². The molecule has 1 aliphatic rings. The van der Waals surface area contributed by atoms with Gasteiger partial charge >= 0.3 is 6.03 Å². The number of hydrogen-bond acceptors (Lipinski definition) is 4. The average Bonchev–Trinajstić information content (AvgIpc) is 3.10. The standard InChI is InChI=1S/C23H30N4O3/c1-5-25(6-2)18-11-12-19(17(3)15-18)24-22(28)16-26-13-14-27(23(26)29)20-9-7-8-10-21(20)30-4/h7-12,15H,5-6,13-14,16H2,1-4H3,(H,24,28). The quantitative estimate of drug-likeness (QED) is 0.720. The van der Waals surface area contributed by atoms with Crippen molar-refractivity contribution in [3.63, 3.8) is 0 Å². The van der Waals surface area contributed by atoms with Gasteiger partial charge in [0.05, 0.1) is 12.8 Å². The van der Waals surface area contributed by atoms with Crippen molar-refractivity contribution in [3.05, 3.63) is 48.0 Å². The Labute approximate surface area is 178 Å². The number of ether oxygens (including phenoxy) is 1. The molecule has 0 bridgehead atoms. The van der Waals surface area contributed by atoms with E-state index >= 15 is 0 Å². The topological polar surface area (TPSA) is 65.1 Å². The van der Waals surface area contributed by atoms with Gasteiger partial charge < -0.3 is 19.9 Å². The number of benzene rings is 2. The molecule has 0 aliphatic carbocycles. The Bertz CT molecular complexity index is 911. The Hall–Kier alpha value is -3.22. The molecule has 7 nitrogen and oxygen atoms in total. The Kier molecular flexibility index (Phi) is 6.82. The highest BCUT2D eigenvalue weighted by molar-refractivity contribution is 6.00. The molecule has 1 N–H and O–H groups in total. The number of para-hydroxylation sites is 2. The zero-order valence-electron chi connectivity index (χ0n) is 18.1. The second-order valence-electron chi connectivity index (χ2n) is 7.25. The molecule has 0 atom stereocenters. The maximum Gasteiger partial charge on any atom is 0.325 e. The van der Waals surface area contributed by atoms with Crippen molar-refractivity contribution in [2.45, 2.75) is 20.8 Å². The first kappa shape index (κ1) is 21.5. The largest absolute Gasteiger partial charge is 0.495 e. The third-order valence-corrected chi connectivity index (χ3v) is 5.42. The molecule has 0 unspecified atom stereocenters. The highest BCUT2D eigenvalue weighted by Gasteiger charge is 2.32. The van der Waals surface area contributed by atoms with Gasteiger partial charge in [0.15, 0.2) is 0 Å². The first-order valence-electron chi connectivity index (χ1n) is 10.3. The van der Waals surface area contributed by atoms with Crippen LogP contribution in [0.15, 0.2) is 42.5 Å². The number of carbonyl (C=O) groups is 2. The zero-order valence-corrected chi connectivity index (χ0v) is 18.1. The van der Waals surface area contributed by atoms with Gasteiger partial charge in [-0.3, -0.25) is 9.69 Å². The van der Waals surface area contributed by atoms with Crippen molar-refractivity contribution in [2.75, 3.05) is 55.0 Å². The number of rotatable bonds is 8. The minimum absolute atomic E-state index is 0.0156. The predicted octanol–water partition coefficient (Wildman–Crippen LogP) is 3.73. The van der Waals surface area contributed by atoms with Crippen molar-refractivity contribution < 1.29 is 14.3 Å². The number of nitrogens with one attached hydrogen (secondary N) is 1. The van der Waals surface area contributed by atoms with E-state index in [0.29, 0.717) is 18.8 Å². The molecule has 3 rings (SSSR count). The minimum atomic E-state index is -0.205. The van der Waals surface area contributed by atoms with Crippen LogP contribution in [-0.4, -0.2) is 56.7 Å². The van der Waals surface area contributed by atoms with Crippen molar-refractivity contribution in [3.8, 4) is 5.75 Å². The van der Waals surface area contributed by atoms with Gasteiger partial charge in [0.25, 0.3) is 0 Å². The number of hydrogen-bond donors (Lipinski definition) is 1. The molecular formula is C23H30N4O3. The minimum Gasteiger partial charge on any atom is -0.495 e. The van der Waals surface area contributed by atoms with Gasteiger partial charge in [0.1, 0.15) is 12.3 Å². The summed E-state index contributed by atoms with van der Waals surface area (Å²) in [6, 6.07) is 13.2. The fourth-order valence-corrected chi connectivity index (χ4v) is 3.74. The van der Waals surface area contributed by atoms with Crippen LogP contribution < -0.4 is 19.9 Å². The van der Waals surface area contributed by atoms with Crippen LogP contribution >= 0.6 is 0 Å². The average molecular weight is 411 g/mol. The van der Waals surface area contributed by atoms with Crippen LogP contribution in [0.5, 0.6) is 5.75 Å². The van der Waals surface area contributed by atoms with E-state index in [2.05, 4.69) is 30.1 Å². The Morgan fingerprint density at radius 2 is 1.87 bits per heavy atom. The molecule has 0 spiro atoms. The summed E-state index contributed by atoms with van der Waals surface area (Å²) in [6.45, 7) is 9.11. The summed E-state index contributed by atoms with van der Waals surface area (Å²) in [5.41, 5.74) is 3.62. The van der Waals surface area contributed by atoms with Gasteiger partial charge in [0, 0.05) is 37.6 Å². The lowest BCUT2D eigenvalue weighted by atomic mass is 10.1. The SMILES string of the molecule is CCN(CC)c1ccc(NC(=O)CN2CCN(c3ccccc3OC)C2=O)c(C)c1. The summed E-state index contributed by atoms with van der Waals surface area (Å²) < 4.78 is 5.36. The second-order valence-corrected chi connectivity index (χ2v) is 7.25. The van der Waals surface area contributed by atoms with Gasteiger partial charge in [-0.05, 0) is 56.7 Å². The molecule has 1 heterocycles. The molecule has 2 aromatic carbocycles. The molecule has 1 fully saturated rings. The van der Waals surface area contributed by atoms with E-state index < -0.39 is 0 Å². The normalized spacial score (nSPS) is 13.5. The van der Waals surface area contributed by atoms with Crippen LogP contribution in [0.3, 0.4) is 0 Å². The van der Waals surface area contributed by atoms with E-state index in [1.165, 1.54) is 0 Å². The number of anilines is 3. The van der Waals surface area contributed by atoms with Crippen LogP contribution in [0.4, 0.5) is 21.9 Å². The molecule has 1 saturated heterocycles. The summed E-state index contributed by atoms with van der Waals surface area (Å²) in [5.74, 6) is 0.435. The van der Waals surface area contributed by atoms with Gasteiger partial charge in [0.2, 0.25) is 5.91 Å². The molecule has 30 heavy (non-hydrogen) atoms. The van der Waals surface area contributed by atoms with Gasteiger partial charge in [-0.2, -0.15) is 0 Å². The van der Waals surface area contributed by atoms with Crippen LogP contribution in [0, 0.1) is 6.92 Å². The lowest BCUT2D eigenvalue weighted by molar-refractivity contribution is -0.116. The summed E-state index contributed by atoms with van der Waals surface area (Å²) in [4.78, 5) is 30.9. The molecular weight excluding hydrogens is 380 g/mol. The summed E-state index contributed by atoms with van der Waals surface area (Å²) in [5, 5.41) is 2.94. The number of urea groups is 1. The predicted molar refractivity (Wildman–Crippen MR) is 121 cm³/mol. The van der Waals surface area contributed by atoms with Gasteiger partial charge in [-0.15, -0.1) is 0 Å². The lowest BCUT2D eigenvalue weighted by Gasteiger charge is -2.22. The Balaban J connectivity index is 1.64. The van der Waals surface area contributed by atoms with Crippen molar-refractivity contribution >= 4 is 29.0 Å². The molecule has 3 amide bonds. The summed E-state index contributed by atoms with van der Waals surface area (Å²) in [6.07, 6.45) is 0. The van der Waals surface area contributed by atoms with E-state index in [4.69, 9.17) is 4.74 Å². The Morgan fingerprint density at radius 3 is 2.53 bits per heavy atom. The fourth-order valence-electron chi connectivity index (χ4n) is 3.74. The van der Waals surface area contributed by atoms with Crippen molar-refractivity contribution in [1.82, 2.24) is 4.90 Å². The maximum absolute atomic E-state index is 12.8. The molecule has 1 aliphatic heterocycles. The Morgan fingerprint density at radius 1 is 1.13 bits per heavy atom. The fraction of sp³-hybridized carbons (Fsp3) is 0.391. The monoisotopic (exact) mass is 410 g/mol. The van der Waals surface area contributed by atoms with E-state index in [0.717, 1.165) is 35.7 Å². The lowest BCUT2D eigenvalue weighted by Crippen LogP contribution is -2.37. The van der Waals surface area contributed by atoms with Gasteiger partial charge in [-0.25, -0.2) is 4.79 Å². The van der Waals surface area contributed by atoms with E-state index in [-0.39, 0.29) is 18.5 Å². The molecule has 0 saturated carbocycles. The summed E-state index contributed by atoms with van der Waals surface area (Å²) >= 11 is 0. The number of amides is 3. The van der Waals surface area contributed by atoms with Crippen LogP contribution in [0.25, 0.3) is 0 Å². The highest BCUT2D eigenvalue weighted by Crippen LogP contribution is 2.30. The first-order valence-corrected chi connectivity index (χ1v) is 10.3. The van der Waals surface area contributed by atoms with Gasteiger partial charge in [-0.1, -0.05) is 12.1 Å². The zero-order chi connectivity index (χ0) is 21.7.